The van der Waals surface area contributed by atoms with Crippen LogP contribution in [-0.2, 0) is 6.54 Å². The Kier molecular flexibility index (Phi) is 6.91. The lowest BCUT2D eigenvalue weighted by Gasteiger charge is -2.09. The number of rotatable bonds is 9. The van der Waals surface area contributed by atoms with E-state index in [0.717, 1.165) is 22.4 Å². The van der Waals surface area contributed by atoms with Crippen molar-refractivity contribution >= 4 is 12.0 Å². The summed E-state index contributed by atoms with van der Waals surface area (Å²) in [7, 11) is 0. The third-order valence-corrected chi connectivity index (χ3v) is 4.72. The molecular formula is C20H23N3O4S. The molecule has 0 radical (unpaired) electrons. The average molecular weight is 401 g/mol. The summed E-state index contributed by atoms with van der Waals surface area (Å²) in [6.45, 7) is 5.26. The Morgan fingerprint density at radius 3 is 2.89 bits per heavy atom. The number of aromatic nitrogens is 2. The zero-order chi connectivity index (χ0) is 19.9. The highest BCUT2D eigenvalue weighted by Crippen LogP contribution is 2.34. The van der Waals surface area contributed by atoms with Gasteiger partial charge < -0.3 is 24.2 Å². The summed E-state index contributed by atoms with van der Waals surface area (Å²) in [4.78, 5) is 4.52. The van der Waals surface area contributed by atoms with Crippen LogP contribution in [0.15, 0.2) is 40.9 Å². The van der Waals surface area contributed by atoms with E-state index in [1.165, 1.54) is 12.0 Å². The number of nitrogens with zero attached hydrogens (tertiary/aromatic N) is 2. The van der Waals surface area contributed by atoms with Gasteiger partial charge in [0.2, 0.25) is 5.82 Å². The first-order valence-electron chi connectivity index (χ1n) is 9.01. The standard InChI is InChI=1S/C20H23N3O4S/c1-3-28-27-18-11-14(7-8-17(18)25)20-22-19(23-26-20)16-6-4-5-15(13(16)2)12-21-9-10-24/h4-8,11,21,24-25H,3,9-10,12H2,1-2H3. The number of phenols is 1. The van der Waals surface area contributed by atoms with Gasteiger partial charge in [0.05, 0.1) is 18.6 Å². The molecule has 0 atom stereocenters. The maximum Gasteiger partial charge on any atom is 0.258 e. The first kappa shape index (κ1) is 20.2. The largest absolute Gasteiger partial charge is 0.504 e. The van der Waals surface area contributed by atoms with E-state index in [2.05, 4.69) is 15.5 Å². The minimum atomic E-state index is 0.0587. The first-order chi connectivity index (χ1) is 13.6. The van der Waals surface area contributed by atoms with Crippen LogP contribution < -0.4 is 9.50 Å². The van der Waals surface area contributed by atoms with Gasteiger partial charge in [-0.25, -0.2) is 0 Å². The number of aliphatic hydroxyl groups is 1. The van der Waals surface area contributed by atoms with E-state index in [4.69, 9.17) is 13.8 Å². The van der Waals surface area contributed by atoms with Gasteiger partial charge in [-0.15, -0.1) is 0 Å². The number of hydrogen-bond donors (Lipinski definition) is 3. The smallest absolute Gasteiger partial charge is 0.258 e. The van der Waals surface area contributed by atoms with Crippen LogP contribution in [0.2, 0.25) is 0 Å². The van der Waals surface area contributed by atoms with Crippen molar-refractivity contribution in [1.82, 2.24) is 15.5 Å². The summed E-state index contributed by atoms with van der Waals surface area (Å²) in [6.07, 6.45) is 0. The van der Waals surface area contributed by atoms with Crippen LogP contribution in [0.1, 0.15) is 18.1 Å². The van der Waals surface area contributed by atoms with E-state index >= 15 is 0 Å². The van der Waals surface area contributed by atoms with Gasteiger partial charge in [-0.3, -0.25) is 0 Å². The molecule has 1 aromatic heterocycles. The van der Waals surface area contributed by atoms with Crippen molar-refractivity contribution in [1.29, 1.82) is 0 Å². The van der Waals surface area contributed by atoms with E-state index in [-0.39, 0.29) is 12.4 Å². The van der Waals surface area contributed by atoms with Gasteiger partial charge >= 0.3 is 0 Å². The molecule has 3 N–H and O–H groups in total. The number of aliphatic hydroxyl groups excluding tert-OH is 1. The monoisotopic (exact) mass is 401 g/mol. The highest BCUT2D eigenvalue weighted by Gasteiger charge is 2.16. The fourth-order valence-corrected chi connectivity index (χ4v) is 3.08. The Labute approximate surface area is 168 Å². The van der Waals surface area contributed by atoms with Crippen molar-refractivity contribution in [2.24, 2.45) is 0 Å². The quantitative estimate of drug-likeness (QED) is 0.370. The van der Waals surface area contributed by atoms with Gasteiger partial charge in [0.25, 0.3) is 5.89 Å². The summed E-state index contributed by atoms with van der Waals surface area (Å²) in [5.74, 6) is 2.03. The highest BCUT2D eigenvalue weighted by atomic mass is 32.2. The molecule has 0 aliphatic heterocycles. The molecule has 7 nitrogen and oxygen atoms in total. The summed E-state index contributed by atoms with van der Waals surface area (Å²) < 4.78 is 10.9. The minimum absolute atomic E-state index is 0.0587. The SMILES string of the molecule is CCSOc1cc(-c2nc(-c3cccc(CNCCO)c3C)no2)ccc1O. The van der Waals surface area contributed by atoms with Crippen molar-refractivity contribution in [2.45, 2.75) is 20.4 Å². The van der Waals surface area contributed by atoms with Crippen LogP contribution in [-0.4, -0.2) is 39.3 Å². The van der Waals surface area contributed by atoms with Crippen LogP contribution in [0.25, 0.3) is 22.8 Å². The lowest BCUT2D eigenvalue weighted by molar-refractivity contribution is 0.292. The van der Waals surface area contributed by atoms with Crippen LogP contribution in [0.4, 0.5) is 0 Å². The summed E-state index contributed by atoms with van der Waals surface area (Å²) in [6, 6.07) is 10.9. The molecule has 0 amide bonds. The van der Waals surface area contributed by atoms with Crippen molar-refractivity contribution < 1.29 is 18.9 Å². The molecule has 2 aromatic carbocycles. The highest BCUT2D eigenvalue weighted by molar-refractivity contribution is 7.94. The van der Waals surface area contributed by atoms with Crippen LogP contribution in [0.5, 0.6) is 11.5 Å². The molecular weight excluding hydrogens is 378 g/mol. The molecule has 0 unspecified atom stereocenters. The molecule has 0 aliphatic rings. The Morgan fingerprint density at radius 1 is 1.25 bits per heavy atom. The lowest BCUT2D eigenvalue weighted by Crippen LogP contribution is -2.18. The Balaban J connectivity index is 1.86. The second kappa shape index (κ2) is 9.59. The maximum absolute atomic E-state index is 9.92. The molecule has 0 aliphatic carbocycles. The molecule has 0 spiro atoms. The molecule has 0 bridgehead atoms. The summed E-state index contributed by atoms with van der Waals surface area (Å²) in [5, 5.41) is 26.1. The molecule has 3 aromatic rings. The van der Waals surface area contributed by atoms with Gasteiger partial charge in [-0.1, -0.05) is 30.3 Å². The van der Waals surface area contributed by atoms with Gasteiger partial charge in [0.15, 0.2) is 11.5 Å². The van der Waals surface area contributed by atoms with Crippen molar-refractivity contribution in [3.8, 4) is 34.3 Å². The molecule has 148 valence electrons. The lowest BCUT2D eigenvalue weighted by atomic mass is 10.0. The maximum atomic E-state index is 9.92. The second-order valence-corrected chi connectivity index (χ2v) is 7.07. The number of nitrogens with one attached hydrogen (secondary N) is 1. The predicted molar refractivity (Wildman–Crippen MR) is 109 cm³/mol. The van der Waals surface area contributed by atoms with Crippen LogP contribution in [0, 0.1) is 6.92 Å². The Bertz CT molecular complexity index is 930. The molecule has 1 heterocycles. The third-order valence-electron chi connectivity index (χ3n) is 4.19. The fourth-order valence-electron chi connectivity index (χ4n) is 2.71. The zero-order valence-electron chi connectivity index (χ0n) is 15.8. The van der Waals surface area contributed by atoms with Gasteiger partial charge in [0, 0.05) is 30.0 Å². The molecule has 3 rings (SSSR count). The topological polar surface area (TPSA) is 101 Å². The van der Waals surface area contributed by atoms with Crippen molar-refractivity contribution in [3.63, 3.8) is 0 Å². The minimum Gasteiger partial charge on any atom is -0.504 e. The van der Waals surface area contributed by atoms with Crippen LogP contribution >= 0.6 is 12.0 Å². The van der Waals surface area contributed by atoms with Crippen molar-refractivity contribution in [2.75, 3.05) is 18.9 Å². The molecule has 0 saturated heterocycles. The number of benzene rings is 2. The summed E-state index contributed by atoms with van der Waals surface area (Å²) in [5.41, 5.74) is 3.71. The Hall–Kier alpha value is -2.55. The average Bonchev–Trinajstić information content (AvgIpc) is 3.19. The predicted octanol–water partition coefficient (Wildman–Crippen LogP) is 3.55. The normalized spacial score (nSPS) is 11.0. The third kappa shape index (κ3) is 4.64. The second-order valence-electron chi connectivity index (χ2n) is 6.09. The van der Waals surface area contributed by atoms with Crippen molar-refractivity contribution in [3.05, 3.63) is 47.5 Å². The fraction of sp³-hybridized carbons (Fsp3) is 0.300. The number of aromatic hydroxyl groups is 1. The summed E-state index contributed by atoms with van der Waals surface area (Å²) >= 11 is 1.24. The van der Waals surface area contributed by atoms with Gasteiger partial charge in [0.1, 0.15) is 0 Å². The van der Waals surface area contributed by atoms with E-state index in [1.807, 2.05) is 32.0 Å². The van der Waals surface area contributed by atoms with Gasteiger partial charge in [-0.05, 0) is 36.2 Å². The molecule has 8 heteroatoms. The number of hydrogen-bond acceptors (Lipinski definition) is 8. The zero-order valence-corrected chi connectivity index (χ0v) is 16.6. The molecule has 0 fully saturated rings. The van der Waals surface area contributed by atoms with E-state index in [1.54, 1.807) is 18.2 Å². The molecule has 28 heavy (non-hydrogen) atoms. The van der Waals surface area contributed by atoms with E-state index in [9.17, 15) is 5.11 Å². The first-order valence-corrected chi connectivity index (χ1v) is 9.92. The van der Waals surface area contributed by atoms with Crippen LogP contribution in [0.3, 0.4) is 0 Å². The van der Waals surface area contributed by atoms with E-state index < -0.39 is 0 Å². The molecule has 0 saturated carbocycles. The Morgan fingerprint density at radius 2 is 2.11 bits per heavy atom. The van der Waals surface area contributed by atoms with E-state index in [0.29, 0.717) is 36.1 Å². The number of phenolic OH excluding ortho intramolecular Hbond substituents is 1. The van der Waals surface area contributed by atoms with Gasteiger partial charge in [-0.2, -0.15) is 4.98 Å².